The molecule has 0 amide bonds. The molecule has 1 fully saturated rings. The molecule has 0 unspecified atom stereocenters. The van der Waals surface area contributed by atoms with Gasteiger partial charge in [-0.2, -0.15) is 5.21 Å². The number of hydrogen-bond donors (Lipinski definition) is 2. The quantitative estimate of drug-likeness (QED) is 0.463. The number of tetrazole rings is 1. The van der Waals surface area contributed by atoms with Crippen molar-refractivity contribution in [3.8, 4) is 32.6 Å². The van der Waals surface area contributed by atoms with Crippen molar-refractivity contribution in [2.45, 2.75) is 18.9 Å². The summed E-state index contributed by atoms with van der Waals surface area (Å²) < 4.78 is 36.4. The number of halogens is 1. The number of aromatic nitrogens is 4. The molecule has 176 valence electrons. The molecule has 1 aliphatic heterocycles. The van der Waals surface area contributed by atoms with E-state index in [1.807, 2.05) is 24.3 Å². The number of sulfonamides is 1. The summed E-state index contributed by atoms with van der Waals surface area (Å²) in [5.74, 6) is -0.127. The fourth-order valence-corrected chi connectivity index (χ4v) is 5.80. The molecule has 11 nitrogen and oxygen atoms in total. The minimum Gasteiger partial charge on any atom is -0.490 e. The predicted octanol–water partition coefficient (Wildman–Crippen LogP) is 2.51. The number of carbonyl (C=O) groups is 1. The Hall–Kier alpha value is -2.74. The van der Waals surface area contributed by atoms with Crippen LogP contribution < -0.4 is 9.47 Å². The normalized spacial score (nSPS) is 15.5. The van der Waals surface area contributed by atoms with Crippen molar-refractivity contribution < 1.29 is 27.8 Å². The number of nitrogens with zero attached hydrogens (tertiary/aromatic N) is 4. The lowest BCUT2D eigenvalue weighted by Crippen LogP contribution is -2.41. The summed E-state index contributed by atoms with van der Waals surface area (Å²) in [6, 6.07) is 7.30. The van der Waals surface area contributed by atoms with E-state index >= 15 is 0 Å². The van der Waals surface area contributed by atoms with Crippen molar-refractivity contribution in [1.82, 2.24) is 24.9 Å². The zero-order valence-corrected chi connectivity index (χ0v) is 19.8. The minimum absolute atomic E-state index is 0.110. The first-order valence-corrected chi connectivity index (χ1v) is 12.9. The van der Waals surface area contributed by atoms with Crippen LogP contribution in [0.2, 0.25) is 5.02 Å². The van der Waals surface area contributed by atoms with Gasteiger partial charge in [0.05, 0.1) is 11.1 Å². The van der Waals surface area contributed by atoms with Crippen LogP contribution >= 0.6 is 22.9 Å². The summed E-state index contributed by atoms with van der Waals surface area (Å²) in [5, 5.41) is 23.0. The highest BCUT2D eigenvalue weighted by atomic mass is 35.5. The molecule has 0 spiro atoms. The average molecular weight is 514 g/mol. The van der Waals surface area contributed by atoms with E-state index in [-0.39, 0.29) is 22.7 Å². The second-order valence-corrected chi connectivity index (χ2v) is 10.7. The lowest BCUT2D eigenvalue weighted by atomic mass is 10.1. The van der Waals surface area contributed by atoms with Crippen molar-refractivity contribution in [2.75, 3.05) is 26.0 Å². The van der Waals surface area contributed by atoms with E-state index in [4.69, 9.17) is 26.2 Å². The van der Waals surface area contributed by atoms with Crippen LogP contribution in [-0.4, -0.2) is 76.5 Å². The first-order valence-electron chi connectivity index (χ1n) is 9.85. The van der Waals surface area contributed by atoms with Crippen LogP contribution in [0, 0.1) is 0 Å². The fraction of sp³-hybridized carbons (Fsp3) is 0.368. The highest BCUT2D eigenvalue weighted by Gasteiger charge is 2.27. The highest BCUT2D eigenvalue weighted by Crippen LogP contribution is 2.49. The van der Waals surface area contributed by atoms with Crippen LogP contribution in [0.25, 0.3) is 21.1 Å². The fourth-order valence-electron chi connectivity index (χ4n) is 3.43. The van der Waals surface area contributed by atoms with Crippen molar-refractivity contribution in [3.63, 3.8) is 0 Å². The number of nitrogens with one attached hydrogen (secondary N) is 1. The largest absolute Gasteiger partial charge is 0.490 e. The monoisotopic (exact) mass is 513 g/mol. The molecule has 3 aromatic rings. The maximum Gasteiger partial charge on any atom is 0.341 e. The lowest BCUT2D eigenvalue weighted by Gasteiger charge is -2.30. The predicted molar refractivity (Wildman–Crippen MR) is 121 cm³/mol. The standard InChI is InChI=1S/C19H20ClN5O6S2/c1-33(28,29)25-7-5-12(6-8-25)31-13-4-2-3-11(9-13)17-15(20)16(30-10-14(26)27)18(32-17)19-21-23-24-22-19/h2-4,9,12H,5-8,10H2,1H3,(H,26,27)(H,21,22,23,24). The molecule has 1 aliphatic rings. The summed E-state index contributed by atoms with van der Waals surface area (Å²) in [7, 11) is -3.20. The number of ether oxygens (including phenoxy) is 2. The third kappa shape index (κ3) is 5.43. The van der Waals surface area contributed by atoms with E-state index < -0.39 is 22.6 Å². The first kappa shape index (κ1) is 23.4. The summed E-state index contributed by atoms with van der Waals surface area (Å²) in [4.78, 5) is 12.1. The smallest absolute Gasteiger partial charge is 0.341 e. The Labute approximate surface area is 198 Å². The molecular weight excluding hydrogens is 494 g/mol. The van der Waals surface area contributed by atoms with Gasteiger partial charge in [0.1, 0.15) is 21.8 Å². The van der Waals surface area contributed by atoms with Gasteiger partial charge in [0.15, 0.2) is 12.4 Å². The third-order valence-electron chi connectivity index (χ3n) is 4.97. The molecule has 1 aromatic carbocycles. The van der Waals surface area contributed by atoms with Gasteiger partial charge in [0.25, 0.3) is 0 Å². The van der Waals surface area contributed by atoms with E-state index in [1.165, 1.54) is 21.9 Å². The number of benzene rings is 1. The number of piperidine rings is 1. The second-order valence-electron chi connectivity index (χ2n) is 7.33. The highest BCUT2D eigenvalue weighted by molar-refractivity contribution is 7.88. The van der Waals surface area contributed by atoms with Gasteiger partial charge in [-0.05, 0) is 35.8 Å². The number of carboxylic acid groups (broad SMARTS) is 1. The summed E-state index contributed by atoms with van der Waals surface area (Å²) >= 11 is 7.81. The van der Waals surface area contributed by atoms with Crippen LogP contribution in [0.5, 0.6) is 11.5 Å². The molecule has 0 bridgehead atoms. The Kier molecular flexibility index (Phi) is 6.83. The number of rotatable bonds is 8. The number of aliphatic carboxylic acids is 1. The summed E-state index contributed by atoms with van der Waals surface area (Å²) in [6.07, 6.45) is 2.28. The lowest BCUT2D eigenvalue weighted by molar-refractivity contribution is -0.139. The van der Waals surface area contributed by atoms with Gasteiger partial charge < -0.3 is 14.6 Å². The van der Waals surface area contributed by atoms with Gasteiger partial charge in [-0.15, -0.1) is 21.5 Å². The van der Waals surface area contributed by atoms with Crippen molar-refractivity contribution >= 4 is 38.9 Å². The Bertz CT molecular complexity index is 1240. The Morgan fingerprint density at radius 3 is 2.73 bits per heavy atom. The van der Waals surface area contributed by atoms with Gasteiger partial charge in [-0.3, -0.25) is 0 Å². The molecule has 0 saturated carbocycles. The topological polar surface area (TPSA) is 148 Å². The van der Waals surface area contributed by atoms with E-state index in [0.717, 1.165) is 5.56 Å². The van der Waals surface area contributed by atoms with E-state index in [9.17, 15) is 13.2 Å². The van der Waals surface area contributed by atoms with Gasteiger partial charge in [-0.1, -0.05) is 23.7 Å². The molecule has 0 atom stereocenters. The summed E-state index contributed by atoms with van der Waals surface area (Å²) in [5.41, 5.74) is 0.742. The molecule has 4 rings (SSSR count). The molecule has 1 saturated heterocycles. The third-order valence-corrected chi connectivity index (χ3v) is 7.96. The SMILES string of the molecule is CS(=O)(=O)N1CCC(Oc2cccc(-c3sc(-c4nn[nH]n4)c(OCC(=O)O)c3Cl)c2)CC1. The number of H-pyrrole nitrogens is 1. The molecule has 2 N–H and O–H groups in total. The van der Waals surface area contributed by atoms with Crippen molar-refractivity contribution in [1.29, 1.82) is 0 Å². The molecule has 14 heteroatoms. The second kappa shape index (κ2) is 9.63. The number of thiophene rings is 1. The van der Waals surface area contributed by atoms with E-state index in [2.05, 4.69) is 20.6 Å². The van der Waals surface area contributed by atoms with Crippen LogP contribution in [0.1, 0.15) is 12.8 Å². The van der Waals surface area contributed by atoms with Crippen LogP contribution in [0.15, 0.2) is 24.3 Å². The zero-order valence-electron chi connectivity index (χ0n) is 17.4. The number of aromatic amines is 1. The van der Waals surface area contributed by atoms with Gasteiger partial charge in [0.2, 0.25) is 15.8 Å². The first-order chi connectivity index (χ1) is 15.7. The van der Waals surface area contributed by atoms with Gasteiger partial charge in [0, 0.05) is 13.1 Å². The van der Waals surface area contributed by atoms with Gasteiger partial charge in [-0.25, -0.2) is 17.5 Å². The Morgan fingerprint density at radius 1 is 1.33 bits per heavy atom. The minimum atomic E-state index is -3.20. The van der Waals surface area contributed by atoms with Gasteiger partial charge >= 0.3 is 5.97 Å². The Balaban J connectivity index is 1.57. The van der Waals surface area contributed by atoms with Crippen LogP contribution in [0.3, 0.4) is 0 Å². The molecule has 3 heterocycles. The average Bonchev–Trinajstić information content (AvgIpc) is 3.40. The van der Waals surface area contributed by atoms with E-state index in [0.29, 0.717) is 41.4 Å². The zero-order chi connectivity index (χ0) is 23.6. The summed E-state index contributed by atoms with van der Waals surface area (Å²) in [6.45, 7) is 0.257. The number of carboxylic acids is 1. The Morgan fingerprint density at radius 2 is 2.09 bits per heavy atom. The van der Waals surface area contributed by atoms with Crippen LogP contribution in [0.4, 0.5) is 0 Å². The maximum absolute atomic E-state index is 11.7. The van der Waals surface area contributed by atoms with E-state index in [1.54, 1.807) is 0 Å². The van der Waals surface area contributed by atoms with Crippen LogP contribution in [-0.2, 0) is 14.8 Å². The van der Waals surface area contributed by atoms with Crippen molar-refractivity contribution in [3.05, 3.63) is 29.3 Å². The maximum atomic E-state index is 11.7. The molecule has 33 heavy (non-hydrogen) atoms. The number of hydrogen-bond acceptors (Lipinski definition) is 9. The molecular formula is C19H20ClN5O6S2. The van der Waals surface area contributed by atoms with Crippen molar-refractivity contribution in [2.24, 2.45) is 0 Å². The molecule has 0 aliphatic carbocycles. The molecule has 2 aromatic heterocycles. The molecule has 0 radical (unpaired) electrons.